The van der Waals surface area contributed by atoms with Gasteiger partial charge in [0.05, 0.1) is 10.0 Å². The first-order valence-corrected chi connectivity index (χ1v) is 7.90. The van der Waals surface area contributed by atoms with E-state index in [1.54, 1.807) is 12.1 Å². The summed E-state index contributed by atoms with van der Waals surface area (Å²) >= 11 is 3.10. The number of hydrogen-bond acceptors (Lipinski definition) is 2. The third-order valence-electron chi connectivity index (χ3n) is 4.13. The highest BCUT2D eigenvalue weighted by atomic mass is 79.9. The molecule has 2 fully saturated rings. The zero-order valence-electron chi connectivity index (χ0n) is 11.2. The first-order valence-electron chi connectivity index (χ1n) is 7.11. The largest absolute Gasteiger partial charge is 0.352 e. The summed E-state index contributed by atoms with van der Waals surface area (Å²) in [5, 5.41) is 2.86. The molecule has 0 spiro atoms. The van der Waals surface area contributed by atoms with Gasteiger partial charge >= 0.3 is 0 Å². The molecule has 1 N–H and O–H groups in total. The van der Waals surface area contributed by atoms with Gasteiger partial charge in [-0.2, -0.15) is 0 Å². The fraction of sp³-hybridized carbons (Fsp3) is 0.533. The number of rotatable bonds is 4. The molecule has 1 unspecified atom stereocenters. The Morgan fingerprint density at radius 3 is 2.95 bits per heavy atom. The number of nitrogens with one attached hydrogen (secondary N) is 1. The van der Waals surface area contributed by atoms with Gasteiger partial charge in [-0.1, -0.05) is 6.07 Å². The van der Waals surface area contributed by atoms with Crippen LogP contribution in [0.15, 0.2) is 22.7 Å². The molecule has 0 bridgehead atoms. The van der Waals surface area contributed by atoms with Crippen LogP contribution in [0.4, 0.5) is 4.39 Å². The highest BCUT2D eigenvalue weighted by Crippen LogP contribution is 2.31. The molecular formula is C15H18BrFN2O. The molecule has 5 heteroatoms. The van der Waals surface area contributed by atoms with Crippen molar-refractivity contribution in [2.24, 2.45) is 5.92 Å². The maximum absolute atomic E-state index is 13.8. The van der Waals surface area contributed by atoms with Gasteiger partial charge in [-0.3, -0.25) is 4.79 Å². The molecule has 1 aliphatic carbocycles. The number of benzene rings is 1. The van der Waals surface area contributed by atoms with Crippen LogP contribution in [-0.4, -0.2) is 36.5 Å². The summed E-state index contributed by atoms with van der Waals surface area (Å²) in [6, 6.07) is 5.57. The lowest BCUT2D eigenvalue weighted by atomic mass is 10.1. The minimum absolute atomic E-state index is 0.108. The molecule has 0 radical (unpaired) electrons. The predicted octanol–water partition coefficient (Wildman–Crippen LogP) is 2.80. The second-order valence-electron chi connectivity index (χ2n) is 5.69. The standard InChI is InChI=1S/C15H18BrFN2O/c16-13-3-1-2-12(14(13)17)15(20)18-8-10-6-7-19(9-10)11-4-5-11/h1-3,10-11H,4-9H2,(H,18,20). The Bertz CT molecular complexity index is 519. The van der Waals surface area contributed by atoms with Gasteiger partial charge in [0, 0.05) is 19.1 Å². The van der Waals surface area contributed by atoms with Gasteiger partial charge in [0.15, 0.2) is 0 Å². The SMILES string of the molecule is O=C(NCC1CCN(C2CC2)C1)c1cccc(Br)c1F. The molecule has 108 valence electrons. The zero-order valence-corrected chi connectivity index (χ0v) is 12.8. The van der Waals surface area contributed by atoms with E-state index >= 15 is 0 Å². The summed E-state index contributed by atoms with van der Waals surface area (Å²) in [6.45, 7) is 2.83. The Kier molecular flexibility index (Phi) is 4.08. The quantitative estimate of drug-likeness (QED) is 0.913. The lowest BCUT2D eigenvalue weighted by Gasteiger charge is -2.15. The maximum atomic E-state index is 13.8. The van der Waals surface area contributed by atoms with Crippen molar-refractivity contribution in [1.82, 2.24) is 10.2 Å². The molecule has 3 rings (SSSR count). The van der Waals surface area contributed by atoms with Crippen molar-refractivity contribution in [2.45, 2.75) is 25.3 Å². The average Bonchev–Trinajstić information content (AvgIpc) is 3.18. The van der Waals surface area contributed by atoms with Crippen LogP contribution in [-0.2, 0) is 0 Å². The van der Waals surface area contributed by atoms with Crippen LogP contribution < -0.4 is 5.32 Å². The maximum Gasteiger partial charge on any atom is 0.254 e. The first-order chi connectivity index (χ1) is 9.65. The third kappa shape index (κ3) is 3.04. The van der Waals surface area contributed by atoms with Crippen molar-refractivity contribution < 1.29 is 9.18 Å². The highest BCUT2D eigenvalue weighted by Gasteiger charge is 2.34. The summed E-state index contributed by atoms with van der Waals surface area (Å²) in [5.74, 6) is -0.320. The van der Waals surface area contributed by atoms with Crippen molar-refractivity contribution in [1.29, 1.82) is 0 Å². The van der Waals surface area contributed by atoms with E-state index in [-0.39, 0.29) is 11.5 Å². The van der Waals surface area contributed by atoms with Gasteiger partial charge < -0.3 is 10.2 Å². The van der Waals surface area contributed by atoms with Gasteiger partial charge in [0.25, 0.3) is 5.91 Å². The smallest absolute Gasteiger partial charge is 0.254 e. The molecule has 0 aromatic heterocycles. The van der Waals surface area contributed by atoms with Crippen molar-refractivity contribution in [2.75, 3.05) is 19.6 Å². The summed E-state index contributed by atoms with van der Waals surface area (Å²) in [6.07, 6.45) is 3.77. The number of carbonyl (C=O) groups is 1. The van der Waals surface area contributed by atoms with E-state index in [2.05, 4.69) is 26.1 Å². The Balaban J connectivity index is 1.53. The predicted molar refractivity (Wildman–Crippen MR) is 79.1 cm³/mol. The molecule has 1 saturated carbocycles. The zero-order chi connectivity index (χ0) is 14.1. The second-order valence-corrected chi connectivity index (χ2v) is 6.55. The Morgan fingerprint density at radius 1 is 1.40 bits per heavy atom. The minimum Gasteiger partial charge on any atom is -0.352 e. The van der Waals surface area contributed by atoms with Crippen LogP contribution in [0.3, 0.4) is 0 Å². The number of nitrogens with zero attached hydrogens (tertiary/aromatic N) is 1. The molecule has 1 aromatic carbocycles. The molecular weight excluding hydrogens is 323 g/mol. The first kappa shape index (κ1) is 14.0. The van der Waals surface area contributed by atoms with Gasteiger partial charge in [-0.05, 0) is 59.8 Å². The molecule has 1 heterocycles. The van der Waals surface area contributed by atoms with Gasteiger partial charge in [0.1, 0.15) is 5.82 Å². The Morgan fingerprint density at radius 2 is 2.20 bits per heavy atom. The molecule has 1 aliphatic heterocycles. The van der Waals surface area contributed by atoms with E-state index in [1.807, 2.05) is 0 Å². The van der Waals surface area contributed by atoms with E-state index < -0.39 is 5.82 Å². The minimum atomic E-state index is -0.490. The number of carbonyl (C=O) groups excluding carboxylic acids is 1. The average molecular weight is 341 g/mol. The molecule has 2 aliphatic rings. The van der Waals surface area contributed by atoms with Crippen LogP contribution in [0.5, 0.6) is 0 Å². The lowest BCUT2D eigenvalue weighted by molar-refractivity contribution is 0.0943. The van der Waals surface area contributed by atoms with E-state index in [0.717, 1.165) is 25.6 Å². The van der Waals surface area contributed by atoms with Crippen LogP contribution in [0.2, 0.25) is 0 Å². The molecule has 1 saturated heterocycles. The molecule has 1 amide bonds. The molecule has 1 atom stereocenters. The normalized spacial score (nSPS) is 23.0. The van der Waals surface area contributed by atoms with E-state index in [0.29, 0.717) is 16.9 Å². The number of halogens is 2. The van der Waals surface area contributed by atoms with Gasteiger partial charge in [-0.25, -0.2) is 4.39 Å². The Labute approximate surface area is 126 Å². The van der Waals surface area contributed by atoms with Crippen molar-refractivity contribution in [3.63, 3.8) is 0 Å². The van der Waals surface area contributed by atoms with E-state index in [9.17, 15) is 9.18 Å². The number of likely N-dealkylation sites (tertiary alicyclic amines) is 1. The molecule has 20 heavy (non-hydrogen) atoms. The van der Waals surface area contributed by atoms with Gasteiger partial charge in [-0.15, -0.1) is 0 Å². The Hall–Kier alpha value is -0.940. The van der Waals surface area contributed by atoms with Crippen molar-refractivity contribution >= 4 is 21.8 Å². The van der Waals surface area contributed by atoms with Crippen LogP contribution in [0.25, 0.3) is 0 Å². The third-order valence-corrected chi connectivity index (χ3v) is 4.74. The summed E-state index contributed by atoms with van der Waals surface area (Å²) < 4.78 is 14.1. The fourth-order valence-electron chi connectivity index (χ4n) is 2.81. The molecule has 1 aromatic rings. The topological polar surface area (TPSA) is 32.3 Å². The fourth-order valence-corrected chi connectivity index (χ4v) is 3.18. The summed E-state index contributed by atoms with van der Waals surface area (Å²) in [4.78, 5) is 14.5. The van der Waals surface area contributed by atoms with Crippen molar-refractivity contribution in [3.05, 3.63) is 34.1 Å². The van der Waals surface area contributed by atoms with Crippen LogP contribution >= 0.6 is 15.9 Å². The number of hydrogen-bond donors (Lipinski definition) is 1. The second kappa shape index (κ2) is 5.82. The van der Waals surface area contributed by atoms with E-state index in [1.165, 1.54) is 18.9 Å². The number of amides is 1. The van der Waals surface area contributed by atoms with Crippen LogP contribution in [0, 0.1) is 11.7 Å². The van der Waals surface area contributed by atoms with E-state index in [4.69, 9.17) is 0 Å². The lowest BCUT2D eigenvalue weighted by Crippen LogP contribution is -2.32. The highest BCUT2D eigenvalue weighted by molar-refractivity contribution is 9.10. The summed E-state index contributed by atoms with van der Waals surface area (Å²) in [5.41, 5.74) is 0.108. The molecule has 3 nitrogen and oxygen atoms in total. The van der Waals surface area contributed by atoms with Crippen molar-refractivity contribution in [3.8, 4) is 0 Å². The monoisotopic (exact) mass is 340 g/mol. The van der Waals surface area contributed by atoms with Crippen LogP contribution in [0.1, 0.15) is 29.6 Å². The summed E-state index contributed by atoms with van der Waals surface area (Å²) in [7, 11) is 0. The van der Waals surface area contributed by atoms with Gasteiger partial charge in [0.2, 0.25) is 0 Å².